The summed E-state index contributed by atoms with van der Waals surface area (Å²) < 4.78 is 5.41. The molecule has 0 aliphatic carbocycles. The molecule has 3 aromatic carbocycles. The Bertz CT molecular complexity index is 1280. The van der Waals surface area contributed by atoms with Crippen LogP contribution in [0.15, 0.2) is 78.4 Å². The molecule has 1 fully saturated rings. The van der Waals surface area contributed by atoms with E-state index in [1.165, 1.54) is 12.0 Å². The summed E-state index contributed by atoms with van der Waals surface area (Å²) in [6.45, 7) is 7.86. The maximum atomic E-state index is 13.4. The highest BCUT2D eigenvalue weighted by Gasteiger charge is 2.47. The van der Waals surface area contributed by atoms with Crippen LogP contribution >= 0.6 is 0 Å². The highest BCUT2D eigenvalue weighted by molar-refractivity contribution is 6.51. The molecule has 35 heavy (non-hydrogen) atoms. The maximum absolute atomic E-state index is 13.4. The Labute approximate surface area is 206 Å². The van der Waals surface area contributed by atoms with E-state index in [1.807, 2.05) is 55.5 Å². The van der Waals surface area contributed by atoms with Gasteiger partial charge < -0.3 is 14.7 Å². The summed E-state index contributed by atoms with van der Waals surface area (Å²) in [5.74, 6) is -1.24. The number of ether oxygens (including phenoxy) is 1. The van der Waals surface area contributed by atoms with E-state index in [9.17, 15) is 14.7 Å². The molecule has 1 aliphatic rings. The Balaban J connectivity index is 1.90. The van der Waals surface area contributed by atoms with Crippen LogP contribution in [0, 0.1) is 6.92 Å². The van der Waals surface area contributed by atoms with Crippen LogP contribution in [-0.4, -0.2) is 37.0 Å². The van der Waals surface area contributed by atoms with Gasteiger partial charge in [-0.3, -0.25) is 14.5 Å². The zero-order valence-electron chi connectivity index (χ0n) is 20.5. The first kappa shape index (κ1) is 24.1. The number of aryl methyl sites for hydroxylation is 1. The Hall–Kier alpha value is -4.06. The molecule has 4 rings (SSSR count). The second-order valence-corrected chi connectivity index (χ2v) is 8.47. The highest BCUT2D eigenvalue weighted by atomic mass is 16.5. The summed E-state index contributed by atoms with van der Waals surface area (Å²) in [5, 5.41) is 11.4. The van der Waals surface area contributed by atoms with Crippen molar-refractivity contribution in [3.05, 3.63) is 95.1 Å². The molecular formula is C29H30N2O4. The highest BCUT2D eigenvalue weighted by Crippen LogP contribution is 2.43. The number of methoxy groups -OCH3 is 1. The fourth-order valence-electron chi connectivity index (χ4n) is 4.65. The molecule has 180 valence electrons. The minimum atomic E-state index is -0.779. The Morgan fingerprint density at radius 2 is 1.66 bits per heavy atom. The fraction of sp³-hybridized carbons (Fsp3) is 0.241. The van der Waals surface area contributed by atoms with Crippen LogP contribution in [0.3, 0.4) is 0 Å². The molecule has 0 radical (unpaired) electrons. The SMILES string of the molecule is CCN(CC)c1ccc(N2C(=O)C(=O)/C(=C(\O)c3ccccc3OC)C2c2cccc(C)c2)cc1. The standard InChI is InChI=1S/C29H30N2O4/c1-5-30(6-2)21-14-16-22(17-15-21)31-26(20-11-9-10-19(3)18-20)25(28(33)29(31)34)27(32)23-12-7-8-13-24(23)35-4/h7-18,26,32H,5-6H2,1-4H3/b27-25-. The van der Waals surface area contributed by atoms with Crippen LogP contribution in [0.25, 0.3) is 5.76 Å². The van der Waals surface area contributed by atoms with Crippen LogP contribution in [0.5, 0.6) is 5.75 Å². The number of aliphatic hydroxyl groups is 1. The molecule has 0 saturated carbocycles. The number of anilines is 2. The third kappa shape index (κ3) is 4.39. The molecule has 1 atom stereocenters. The smallest absolute Gasteiger partial charge is 0.300 e. The quantitative estimate of drug-likeness (QED) is 0.281. The fourth-order valence-corrected chi connectivity index (χ4v) is 4.65. The largest absolute Gasteiger partial charge is 0.507 e. The van der Waals surface area contributed by atoms with Crippen molar-refractivity contribution in [3.8, 4) is 5.75 Å². The number of hydrogen-bond acceptors (Lipinski definition) is 5. The average Bonchev–Trinajstić information content (AvgIpc) is 3.15. The topological polar surface area (TPSA) is 70.1 Å². The number of carbonyl (C=O) groups is 2. The Morgan fingerprint density at radius 3 is 2.29 bits per heavy atom. The Kier molecular flexibility index (Phi) is 6.92. The molecule has 0 aromatic heterocycles. The predicted molar refractivity (Wildman–Crippen MR) is 139 cm³/mol. The van der Waals surface area contributed by atoms with Gasteiger partial charge in [-0.1, -0.05) is 42.0 Å². The van der Waals surface area contributed by atoms with E-state index in [1.54, 1.807) is 24.3 Å². The number of para-hydroxylation sites is 1. The van der Waals surface area contributed by atoms with Crippen LogP contribution in [0.2, 0.25) is 0 Å². The molecule has 1 unspecified atom stereocenters. The van der Waals surface area contributed by atoms with Crippen LogP contribution in [0.1, 0.15) is 36.6 Å². The van der Waals surface area contributed by atoms with Crippen LogP contribution in [-0.2, 0) is 9.59 Å². The molecule has 0 bridgehead atoms. The predicted octanol–water partition coefficient (Wildman–Crippen LogP) is 5.48. The zero-order valence-corrected chi connectivity index (χ0v) is 20.5. The molecule has 1 N–H and O–H groups in total. The molecule has 1 amide bonds. The van der Waals surface area contributed by atoms with Crippen LogP contribution < -0.4 is 14.5 Å². The van der Waals surface area contributed by atoms with E-state index < -0.39 is 17.7 Å². The van der Waals surface area contributed by atoms with Crippen molar-refractivity contribution in [2.45, 2.75) is 26.8 Å². The van der Waals surface area contributed by atoms with Gasteiger partial charge in [0.25, 0.3) is 11.7 Å². The van der Waals surface area contributed by atoms with Gasteiger partial charge in [0.1, 0.15) is 11.5 Å². The number of ketones is 1. The van der Waals surface area contributed by atoms with Crippen molar-refractivity contribution >= 4 is 28.8 Å². The summed E-state index contributed by atoms with van der Waals surface area (Å²) in [5.41, 5.74) is 3.77. The van der Waals surface area contributed by atoms with Gasteiger partial charge in [-0.25, -0.2) is 0 Å². The lowest BCUT2D eigenvalue weighted by atomic mass is 9.94. The summed E-state index contributed by atoms with van der Waals surface area (Å²) in [6.07, 6.45) is 0. The minimum Gasteiger partial charge on any atom is -0.507 e. The zero-order chi connectivity index (χ0) is 25.1. The van der Waals surface area contributed by atoms with Crippen molar-refractivity contribution in [2.75, 3.05) is 30.0 Å². The van der Waals surface area contributed by atoms with Gasteiger partial charge in [-0.15, -0.1) is 0 Å². The van der Waals surface area contributed by atoms with Gasteiger partial charge in [0.05, 0.1) is 24.3 Å². The number of benzene rings is 3. The molecule has 1 aliphatic heterocycles. The lowest BCUT2D eigenvalue weighted by Gasteiger charge is -2.27. The van der Waals surface area contributed by atoms with Crippen molar-refractivity contribution in [3.63, 3.8) is 0 Å². The summed E-state index contributed by atoms with van der Waals surface area (Å²) in [7, 11) is 1.50. The molecule has 6 heteroatoms. The number of aliphatic hydroxyl groups excluding tert-OH is 1. The molecule has 1 heterocycles. The average molecular weight is 471 g/mol. The maximum Gasteiger partial charge on any atom is 0.300 e. The van der Waals surface area contributed by atoms with E-state index in [0.29, 0.717) is 17.0 Å². The first-order chi connectivity index (χ1) is 16.9. The van der Waals surface area contributed by atoms with Gasteiger partial charge >= 0.3 is 0 Å². The van der Waals surface area contributed by atoms with E-state index in [4.69, 9.17) is 4.74 Å². The van der Waals surface area contributed by atoms with Gasteiger partial charge in [0.2, 0.25) is 0 Å². The van der Waals surface area contributed by atoms with Gasteiger partial charge in [-0.05, 0) is 62.7 Å². The van der Waals surface area contributed by atoms with Gasteiger partial charge in [0.15, 0.2) is 0 Å². The summed E-state index contributed by atoms with van der Waals surface area (Å²) in [6, 6.07) is 21.4. The molecule has 1 saturated heterocycles. The van der Waals surface area contributed by atoms with Crippen molar-refractivity contribution in [1.29, 1.82) is 0 Å². The normalized spacial score (nSPS) is 17.0. The van der Waals surface area contributed by atoms with E-state index in [-0.39, 0.29) is 11.3 Å². The second-order valence-electron chi connectivity index (χ2n) is 8.47. The van der Waals surface area contributed by atoms with Gasteiger partial charge in [0, 0.05) is 24.5 Å². The Morgan fingerprint density at radius 1 is 0.971 bits per heavy atom. The minimum absolute atomic E-state index is 0.0397. The first-order valence-corrected chi connectivity index (χ1v) is 11.8. The third-order valence-electron chi connectivity index (χ3n) is 6.42. The van der Waals surface area contributed by atoms with Gasteiger partial charge in [-0.2, -0.15) is 0 Å². The monoisotopic (exact) mass is 470 g/mol. The van der Waals surface area contributed by atoms with E-state index in [0.717, 1.165) is 29.9 Å². The lowest BCUT2D eigenvalue weighted by molar-refractivity contribution is -0.132. The lowest BCUT2D eigenvalue weighted by Crippen LogP contribution is -2.29. The number of nitrogens with zero attached hydrogens (tertiary/aromatic N) is 2. The van der Waals surface area contributed by atoms with Crippen LogP contribution in [0.4, 0.5) is 11.4 Å². The van der Waals surface area contributed by atoms with Crippen molar-refractivity contribution < 1.29 is 19.4 Å². The third-order valence-corrected chi connectivity index (χ3v) is 6.42. The molecule has 3 aromatic rings. The second kappa shape index (κ2) is 10.1. The first-order valence-electron chi connectivity index (χ1n) is 11.8. The molecule has 0 spiro atoms. The number of hydrogen-bond donors (Lipinski definition) is 1. The van der Waals surface area contributed by atoms with Crippen molar-refractivity contribution in [2.24, 2.45) is 0 Å². The summed E-state index contributed by atoms with van der Waals surface area (Å²) >= 11 is 0. The van der Waals surface area contributed by atoms with E-state index >= 15 is 0 Å². The number of carbonyl (C=O) groups excluding carboxylic acids is 2. The number of Topliss-reactive ketones (excluding diaryl/α,β-unsaturated/α-hetero) is 1. The molecular weight excluding hydrogens is 440 g/mol. The molecule has 6 nitrogen and oxygen atoms in total. The number of amides is 1. The number of rotatable bonds is 7. The van der Waals surface area contributed by atoms with E-state index in [2.05, 4.69) is 18.7 Å². The summed E-state index contributed by atoms with van der Waals surface area (Å²) in [4.78, 5) is 30.5. The van der Waals surface area contributed by atoms with Crippen molar-refractivity contribution in [1.82, 2.24) is 0 Å².